The molecule has 0 bridgehead atoms. The van der Waals surface area contributed by atoms with Crippen LogP contribution in [0.4, 0.5) is 5.69 Å². The Morgan fingerprint density at radius 2 is 2.27 bits per heavy atom. The molecule has 0 fully saturated rings. The van der Waals surface area contributed by atoms with Crippen LogP contribution in [0.15, 0.2) is 30.5 Å². The maximum atomic E-state index is 12.7. The molecule has 0 spiro atoms. The largest absolute Gasteiger partial charge is 0.394 e. The van der Waals surface area contributed by atoms with E-state index in [4.69, 9.17) is 0 Å². The van der Waals surface area contributed by atoms with Crippen molar-refractivity contribution in [1.29, 1.82) is 0 Å². The third-order valence-corrected chi connectivity index (χ3v) is 4.61. The molecular weight excluding hydrogens is 280 g/mol. The number of nitrogens with one attached hydrogen (secondary N) is 1. The van der Waals surface area contributed by atoms with E-state index in [1.165, 1.54) is 5.56 Å². The van der Waals surface area contributed by atoms with Gasteiger partial charge in [0.05, 0.1) is 31.1 Å². The lowest BCUT2D eigenvalue weighted by atomic mass is 10.1. The Labute approximate surface area is 128 Å². The molecule has 4 rings (SSSR count). The lowest BCUT2D eigenvalue weighted by Gasteiger charge is -2.25. The lowest BCUT2D eigenvalue weighted by molar-refractivity contribution is -0.120. The summed E-state index contributed by atoms with van der Waals surface area (Å²) in [6, 6.07) is 7.91. The van der Waals surface area contributed by atoms with E-state index in [1.807, 2.05) is 28.0 Å². The molecule has 0 radical (unpaired) electrons. The predicted molar refractivity (Wildman–Crippen MR) is 81.3 cm³/mol. The van der Waals surface area contributed by atoms with Crippen LogP contribution < -0.4 is 4.90 Å². The van der Waals surface area contributed by atoms with E-state index in [-0.39, 0.29) is 18.6 Å². The summed E-state index contributed by atoms with van der Waals surface area (Å²) in [7, 11) is 0. The van der Waals surface area contributed by atoms with Crippen molar-refractivity contribution in [3.63, 3.8) is 0 Å². The molecule has 0 aliphatic carbocycles. The molecule has 2 N–H and O–H groups in total. The van der Waals surface area contributed by atoms with Gasteiger partial charge in [-0.1, -0.05) is 18.2 Å². The molecule has 2 aliphatic rings. The molecule has 22 heavy (non-hydrogen) atoms. The van der Waals surface area contributed by atoms with Crippen molar-refractivity contribution in [3.05, 3.63) is 47.3 Å². The lowest BCUT2D eigenvalue weighted by Crippen LogP contribution is -2.39. The maximum Gasteiger partial charge on any atom is 0.241 e. The van der Waals surface area contributed by atoms with Gasteiger partial charge in [0.15, 0.2) is 0 Å². The van der Waals surface area contributed by atoms with Crippen molar-refractivity contribution in [1.82, 2.24) is 15.1 Å². The topological polar surface area (TPSA) is 72.5 Å². The van der Waals surface area contributed by atoms with E-state index in [0.717, 1.165) is 29.9 Å². The number of hydrogen-bond acceptors (Lipinski definition) is 4. The molecule has 6 heteroatoms. The highest BCUT2D eigenvalue weighted by Gasteiger charge is 2.34. The molecular formula is C16H18N4O2. The summed E-state index contributed by atoms with van der Waals surface area (Å²) in [5.41, 5.74) is 4.24. The summed E-state index contributed by atoms with van der Waals surface area (Å²) in [5, 5.41) is 16.6. The van der Waals surface area contributed by atoms with Gasteiger partial charge in [-0.15, -0.1) is 0 Å². The van der Waals surface area contributed by atoms with Crippen LogP contribution in [0.2, 0.25) is 0 Å². The highest BCUT2D eigenvalue weighted by atomic mass is 16.3. The van der Waals surface area contributed by atoms with Crippen molar-refractivity contribution >= 4 is 11.6 Å². The monoisotopic (exact) mass is 298 g/mol. The van der Waals surface area contributed by atoms with Crippen LogP contribution in [0.1, 0.15) is 22.9 Å². The maximum absolute atomic E-state index is 12.7. The van der Waals surface area contributed by atoms with Gasteiger partial charge in [0.25, 0.3) is 0 Å². The molecule has 0 saturated carbocycles. The van der Waals surface area contributed by atoms with Gasteiger partial charge in [-0.05, 0) is 18.1 Å². The summed E-state index contributed by atoms with van der Waals surface area (Å²) in [6.45, 7) is 1.67. The number of rotatable bonds is 3. The first-order valence-electron chi connectivity index (χ1n) is 7.53. The number of aliphatic hydroxyl groups excluding tert-OH is 1. The number of aromatic nitrogens is 2. The Morgan fingerprint density at radius 3 is 3.14 bits per heavy atom. The number of nitrogens with zero attached hydrogens (tertiary/aromatic N) is 3. The van der Waals surface area contributed by atoms with Gasteiger partial charge in [-0.2, -0.15) is 5.10 Å². The van der Waals surface area contributed by atoms with Crippen molar-refractivity contribution in [2.24, 2.45) is 0 Å². The fourth-order valence-corrected chi connectivity index (χ4v) is 3.48. The third kappa shape index (κ3) is 2.03. The van der Waals surface area contributed by atoms with E-state index >= 15 is 0 Å². The van der Waals surface area contributed by atoms with Crippen LogP contribution in [0.25, 0.3) is 0 Å². The zero-order chi connectivity index (χ0) is 15.1. The van der Waals surface area contributed by atoms with Gasteiger partial charge in [0.2, 0.25) is 5.91 Å². The molecule has 0 saturated heterocycles. The fraction of sp³-hybridized carbons (Fsp3) is 0.375. The standard InChI is InChI=1S/C16H18N4O2/c21-10-15-12-7-17-18-13(12)8-19(15)9-16(22)20-6-5-11-3-1-2-4-14(11)20/h1-4,7,15,21H,5-6,8-10H2,(H,17,18). The SMILES string of the molecule is O=C(CN1Cc2[nH]ncc2C1CO)N1CCc2ccccc21. The molecule has 2 aliphatic heterocycles. The van der Waals surface area contributed by atoms with Crippen LogP contribution >= 0.6 is 0 Å². The second-order valence-electron chi connectivity index (χ2n) is 5.83. The zero-order valence-corrected chi connectivity index (χ0v) is 12.2. The summed E-state index contributed by atoms with van der Waals surface area (Å²) >= 11 is 0. The van der Waals surface area contributed by atoms with Crippen LogP contribution in [0.3, 0.4) is 0 Å². The number of carbonyl (C=O) groups excluding carboxylic acids is 1. The first-order chi connectivity index (χ1) is 10.8. The highest BCUT2D eigenvalue weighted by molar-refractivity contribution is 5.96. The number of amides is 1. The molecule has 1 aromatic carbocycles. The number of H-pyrrole nitrogens is 1. The minimum absolute atomic E-state index is 0.00357. The van der Waals surface area contributed by atoms with Crippen LogP contribution in [0, 0.1) is 0 Å². The summed E-state index contributed by atoms with van der Waals surface area (Å²) < 4.78 is 0. The van der Waals surface area contributed by atoms with Crippen molar-refractivity contribution in [2.75, 3.05) is 24.6 Å². The van der Waals surface area contributed by atoms with Gasteiger partial charge in [-0.3, -0.25) is 14.8 Å². The molecule has 1 aromatic heterocycles. The molecule has 3 heterocycles. The van der Waals surface area contributed by atoms with Gasteiger partial charge in [0, 0.05) is 24.3 Å². The Morgan fingerprint density at radius 1 is 1.41 bits per heavy atom. The van der Waals surface area contributed by atoms with Crippen molar-refractivity contribution in [2.45, 2.75) is 19.0 Å². The van der Waals surface area contributed by atoms with E-state index < -0.39 is 0 Å². The van der Waals surface area contributed by atoms with Gasteiger partial charge >= 0.3 is 0 Å². The van der Waals surface area contributed by atoms with Gasteiger partial charge < -0.3 is 10.0 Å². The van der Waals surface area contributed by atoms with Gasteiger partial charge in [0.1, 0.15) is 0 Å². The molecule has 1 unspecified atom stereocenters. The number of benzene rings is 1. The summed E-state index contributed by atoms with van der Waals surface area (Å²) in [4.78, 5) is 16.5. The van der Waals surface area contributed by atoms with Crippen molar-refractivity contribution < 1.29 is 9.90 Å². The van der Waals surface area contributed by atoms with Crippen molar-refractivity contribution in [3.8, 4) is 0 Å². The van der Waals surface area contributed by atoms with E-state index in [0.29, 0.717) is 13.1 Å². The molecule has 6 nitrogen and oxygen atoms in total. The highest BCUT2D eigenvalue weighted by Crippen LogP contribution is 2.33. The number of para-hydroxylation sites is 1. The van der Waals surface area contributed by atoms with E-state index in [1.54, 1.807) is 6.20 Å². The predicted octanol–water partition coefficient (Wildman–Crippen LogP) is 0.848. The normalized spacial score (nSPS) is 20.2. The zero-order valence-electron chi connectivity index (χ0n) is 12.2. The van der Waals surface area contributed by atoms with Gasteiger partial charge in [-0.25, -0.2) is 0 Å². The Hall–Kier alpha value is -2.18. The number of aromatic amines is 1. The first kappa shape index (κ1) is 13.5. The Kier molecular flexibility index (Phi) is 3.20. The van der Waals surface area contributed by atoms with Crippen LogP contribution in [-0.4, -0.2) is 45.8 Å². The number of anilines is 1. The molecule has 114 valence electrons. The smallest absolute Gasteiger partial charge is 0.241 e. The number of hydrogen-bond donors (Lipinski definition) is 2. The van der Waals surface area contributed by atoms with E-state index in [2.05, 4.69) is 16.3 Å². The van der Waals surface area contributed by atoms with Crippen LogP contribution in [-0.2, 0) is 17.8 Å². The third-order valence-electron chi connectivity index (χ3n) is 4.61. The second kappa shape index (κ2) is 5.23. The minimum Gasteiger partial charge on any atom is -0.394 e. The Bertz CT molecular complexity index is 712. The number of fused-ring (bicyclic) bond motifs is 2. The van der Waals surface area contributed by atoms with Crippen LogP contribution in [0.5, 0.6) is 0 Å². The fourth-order valence-electron chi connectivity index (χ4n) is 3.48. The quantitative estimate of drug-likeness (QED) is 0.881. The summed E-state index contributed by atoms with van der Waals surface area (Å²) in [6.07, 6.45) is 2.65. The minimum atomic E-state index is -0.143. The molecule has 1 atom stereocenters. The molecule has 1 amide bonds. The Balaban J connectivity index is 1.51. The number of aliphatic hydroxyl groups is 1. The summed E-state index contributed by atoms with van der Waals surface area (Å²) in [5.74, 6) is 0.0847. The average molecular weight is 298 g/mol. The second-order valence-corrected chi connectivity index (χ2v) is 5.83. The molecule has 2 aromatic rings. The number of carbonyl (C=O) groups is 1. The average Bonchev–Trinajstić information content (AvgIpc) is 3.20. The first-order valence-corrected chi connectivity index (χ1v) is 7.53. The van der Waals surface area contributed by atoms with E-state index in [9.17, 15) is 9.90 Å².